The molecule has 0 bridgehead atoms. The summed E-state index contributed by atoms with van der Waals surface area (Å²) in [6.45, 7) is 12.7. The molecule has 1 unspecified atom stereocenters. The number of aliphatic imine (C=N–C) groups is 1. The van der Waals surface area contributed by atoms with Gasteiger partial charge in [0.15, 0.2) is 5.96 Å². The number of aryl methyl sites for hydroxylation is 2. The minimum atomic E-state index is 0.509. The van der Waals surface area contributed by atoms with E-state index >= 15 is 0 Å². The number of hydrogen-bond acceptors (Lipinski definition) is 5. The summed E-state index contributed by atoms with van der Waals surface area (Å²) in [4.78, 5) is 15.0. The number of hydrogen-bond donors (Lipinski definition) is 2. The number of guanidine groups is 1. The molecule has 0 radical (unpaired) electrons. The Bertz CT molecular complexity index is 519. The van der Waals surface area contributed by atoms with Crippen LogP contribution in [0.15, 0.2) is 4.99 Å². The zero-order chi connectivity index (χ0) is 16.8. The number of nitrogens with zero attached hydrogens (tertiary/aromatic N) is 4. The summed E-state index contributed by atoms with van der Waals surface area (Å²) in [7, 11) is 4.01. The molecule has 7 heteroatoms. The van der Waals surface area contributed by atoms with Crippen LogP contribution >= 0.6 is 11.3 Å². The van der Waals surface area contributed by atoms with Gasteiger partial charge in [0.2, 0.25) is 0 Å². The maximum atomic E-state index is 4.46. The Morgan fingerprint density at radius 3 is 2.52 bits per heavy atom. The van der Waals surface area contributed by atoms with Crippen molar-refractivity contribution in [3.8, 4) is 0 Å². The molecule has 1 atom stereocenters. The number of aromatic nitrogens is 1. The first-order valence-corrected chi connectivity index (χ1v) is 9.11. The number of rotatable bonds is 5. The highest BCUT2D eigenvalue weighted by Gasteiger charge is 2.19. The van der Waals surface area contributed by atoms with E-state index in [2.05, 4.69) is 51.3 Å². The fraction of sp³-hybridized carbons (Fsp3) is 0.750. The third kappa shape index (κ3) is 5.44. The Morgan fingerprint density at radius 2 is 1.96 bits per heavy atom. The van der Waals surface area contributed by atoms with Crippen LogP contribution in [0.1, 0.15) is 22.5 Å². The van der Waals surface area contributed by atoms with Crippen molar-refractivity contribution in [2.75, 3.05) is 46.8 Å². The van der Waals surface area contributed by atoms with Gasteiger partial charge in [0.1, 0.15) is 0 Å². The average molecular weight is 339 g/mol. The lowest BCUT2D eigenvalue weighted by Crippen LogP contribution is -2.52. The van der Waals surface area contributed by atoms with Gasteiger partial charge in [0.05, 0.1) is 17.2 Å². The molecule has 130 valence electrons. The second-order valence-electron chi connectivity index (χ2n) is 6.24. The molecule has 1 aromatic rings. The largest absolute Gasteiger partial charge is 0.355 e. The first-order valence-electron chi connectivity index (χ1n) is 8.29. The van der Waals surface area contributed by atoms with Crippen LogP contribution in [-0.2, 0) is 6.54 Å². The minimum absolute atomic E-state index is 0.509. The molecular formula is C16H30N6S. The first-order chi connectivity index (χ1) is 11.0. The van der Waals surface area contributed by atoms with E-state index in [-0.39, 0.29) is 0 Å². The summed E-state index contributed by atoms with van der Waals surface area (Å²) in [5, 5.41) is 7.95. The Hall–Kier alpha value is -1.18. The second kappa shape index (κ2) is 8.61. The summed E-state index contributed by atoms with van der Waals surface area (Å²) in [6.07, 6.45) is 0. The van der Waals surface area contributed by atoms with Crippen LogP contribution in [-0.4, -0.2) is 73.6 Å². The minimum Gasteiger partial charge on any atom is -0.355 e. The summed E-state index contributed by atoms with van der Waals surface area (Å²) in [5.41, 5.74) is 1.11. The number of likely N-dealkylation sites (N-methyl/N-ethyl adjacent to an activating group) is 1. The van der Waals surface area contributed by atoms with Gasteiger partial charge >= 0.3 is 0 Å². The topological polar surface area (TPSA) is 55.8 Å². The molecule has 1 aromatic heterocycles. The van der Waals surface area contributed by atoms with Gasteiger partial charge < -0.3 is 15.5 Å². The van der Waals surface area contributed by atoms with Crippen molar-refractivity contribution in [1.82, 2.24) is 25.4 Å². The van der Waals surface area contributed by atoms with E-state index < -0.39 is 0 Å². The maximum Gasteiger partial charge on any atom is 0.191 e. The van der Waals surface area contributed by atoms with Crippen LogP contribution in [0, 0.1) is 13.8 Å². The molecule has 0 spiro atoms. The molecule has 0 aromatic carbocycles. The Balaban J connectivity index is 1.75. The first kappa shape index (κ1) is 18.2. The molecule has 2 N–H and O–H groups in total. The van der Waals surface area contributed by atoms with Gasteiger partial charge in [-0.15, -0.1) is 11.3 Å². The van der Waals surface area contributed by atoms with Crippen molar-refractivity contribution in [3.05, 3.63) is 15.6 Å². The van der Waals surface area contributed by atoms with E-state index in [0.717, 1.165) is 55.9 Å². The molecule has 2 heterocycles. The van der Waals surface area contributed by atoms with Crippen molar-refractivity contribution >= 4 is 17.3 Å². The van der Waals surface area contributed by atoms with Crippen molar-refractivity contribution in [3.63, 3.8) is 0 Å². The Labute approximate surface area is 144 Å². The SMILES string of the molecule is CN=C(NCc1sc(C)nc1C)NCC(C)N1CCN(C)CC1. The fourth-order valence-electron chi connectivity index (χ4n) is 2.76. The quantitative estimate of drug-likeness (QED) is 0.621. The molecule has 0 aliphatic carbocycles. The van der Waals surface area contributed by atoms with Gasteiger partial charge in [-0.25, -0.2) is 4.98 Å². The van der Waals surface area contributed by atoms with E-state index in [9.17, 15) is 0 Å². The second-order valence-corrected chi connectivity index (χ2v) is 7.52. The lowest BCUT2D eigenvalue weighted by molar-refractivity contribution is 0.120. The maximum absolute atomic E-state index is 4.46. The standard InChI is InChI=1S/C16H30N6S/c1-12(22-8-6-21(5)7-9-22)10-18-16(17-4)19-11-15-13(2)20-14(3)23-15/h12H,6-11H2,1-5H3,(H2,17,18,19). The molecule has 0 saturated carbocycles. The fourth-order valence-corrected chi connectivity index (χ4v) is 3.64. The van der Waals surface area contributed by atoms with Crippen LogP contribution in [0.25, 0.3) is 0 Å². The third-order valence-corrected chi connectivity index (χ3v) is 5.44. The van der Waals surface area contributed by atoms with Gasteiger partial charge in [-0.05, 0) is 27.8 Å². The van der Waals surface area contributed by atoms with Gasteiger partial charge in [-0.2, -0.15) is 0 Å². The van der Waals surface area contributed by atoms with E-state index in [1.807, 2.05) is 14.0 Å². The lowest BCUT2D eigenvalue weighted by atomic mass is 10.2. The molecule has 1 aliphatic rings. The molecule has 2 rings (SSSR count). The summed E-state index contributed by atoms with van der Waals surface area (Å²) < 4.78 is 0. The molecule has 23 heavy (non-hydrogen) atoms. The highest BCUT2D eigenvalue weighted by molar-refractivity contribution is 7.11. The van der Waals surface area contributed by atoms with Crippen LogP contribution in [0.3, 0.4) is 0 Å². The summed E-state index contributed by atoms with van der Waals surface area (Å²) >= 11 is 1.74. The lowest BCUT2D eigenvalue weighted by Gasteiger charge is -2.36. The van der Waals surface area contributed by atoms with Crippen LogP contribution in [0.5, 0.6) is 0 Å². The van der Waals surface area contributed by atoms with E-state index in [1.165, 1.54) is 4.88 Å². The van der Waals surface area contributed by atoms with Gasteiger partial charge in [-0.3, -0.25) is 9.89 Å². The molecular weight excluding hydrogens is 308 g/mol. The normalized spacial score (nSPS) is 18.9. The van der Waals surface area contributed by atoms with Crippen molar-refractivity contribution in [2.45, 2.75) is 33.4 Å². The van der Waals surface area contributed by atoms with Crippen molar-refractivity contribution in [2.24, 2.45) is 4.99 Å². The van der Waals surface area contributed by atoms with Crippen LogP contribution in [0.4, 0.5) is 0 Å². The van der Waals surface area contributed by atoms with E-state index in [1.54, 1.807) is 11.3 Å². The summed E-state index contributed by atoms with van der Waals surface area (Å²) in [6, 6.07) is 0.509. The average Bonchev–Trinajstić information content (AvgIpc) is 2.85. The van der Waals surface area contributed by atoms with Crippen molar-refractivity contribution in [1.29, 1.82) is 0 Å². The molecule has 1 saturated heterocycles. The number of thiazole rings is 1. The predicted molar refractivity (Wildman–Crippen MR) is 98.3 cm³/mol. The van der Waals surface area contributed by atoms with Gasteiger partial charge in [-0.1, -0.05) is 0 Å². The zero-order valence-corrected chi connectivity index (χ0v) is 15.8. The number of piperazine rings is 1. The third-order valence-electron chi connectivity index (χ3n) is 4.37. The Morgan fingerprint density at radius 1 is 1.26 bits per heavy atom. The van der Waals surface area contributed by atoms with Crippen LogP contribution < -0.4 is 10.6 Å². The van der Waals surface area contributed by atoms with E-state index in [4.69, 9.17) is 0 Å². The number of nitrogens with one attached hydrogen (secondary N) is 2. The van der Waals surface area contributed by atoms with Crippen molar-refractivity contribution < 1.29 is 0 Å². The van der Waals surface area contributed by atoms with Gasteiger partial charge in [0, 0.05) is 50.7 Å². The molecule has 1 aliphatic heterocycles. The molecule has 0 amide bonds. The zero-order valence-electron chi connectivity index (χ0n) is 15.0. The predicted octanol–water partition coefficient (Wildman–Crippen LogP) is 1.06. The molecule has 1 fully saturated rings. The van der Waals surface area contributed by atoms with E-state index in [0.29, 0.717) is 6.04 Å². The van der Waals surface area contributed by atoms with Crippen LogP contribution in [0.2, 0.25) is 0 Å². The monoisotopic (exact) mass is 338 g/mol. The Kier molecular flexibility index (Phi) is 6.80. The van der Waals surface area contributed by atoms with Gasteiger partial charge in [0.25, 0.3) is 0 Å². The highest BCUT2D eigenvalue weighted by atomic mass is 32.1. The molecule has 6 nitrogen and oxygen atoms in total. The summed E-state index contributed by atoms with van der Waals surface area (Å²) in [5.74, 6) is 0.858. The smallest absolute Gasteiger partial charge is 0.191 e. The highest BCUT2D eigenvalue weighted by Crippen LogP contribution is 2.16.